The molecule has 0 radical (unpaired) electrons. The van der Waals surface area contributed by atoms with Crippen molar-refractivity contribution in [3.63, 3.8) is 0 Å². The van der Waals surface area contributed by atoms with Gasteiger partial charge in [0, 0.05) is 49.2 Å². The molecule has 1 fully saturated rings. The fraction of sp³-hybridized carbons (Fsp3) is 0.478. The van der Waals surface area contributed by atoms with E-state index in [1.165, 1.54) is 12.1 Å². The highest BCUT2D eigenvalue weighted by Gasteiger charge is 2.29. The number of rotatable bonds is 5. The predicted molar refractivity (Wildman–Crippen MR) is 123 cm³/mol. The second-order valence-electron chi connectivity index (χ2n) is 9.16. The van der Waals surface area contributed by atoms with E-state index < -0.39 is 17.5 Å². The van der Waals surface area contributed by atoms with Crippen molar-refractivity contribution in [3.8, 4) is 0 Å². The Morgan fingerprint density at radius 3 is 2.72 bits per heavy atom. The molecule has 0 bridgehead atoms. The SMILES string of the molecule is C[C@@H]1C[C@H](NC(=O)OC(C)(C)C)CN(c2ccncc2CC(=O)c2ccc(F)c(Br)n2)C1. The summed E-state index contributed by atoms with van der Waals surface area (Å²) in [4.78, 5) is 35.4. The molecule has 32 heavy (non-hydrogen) atoms. The quantitative estimate of drug-likeness (QED) is 0.473. The molecule has 0 unspecified atom stereocenters. The lowest BCUT2D eigenvalue weighted by Gasteiger charge is -2.39. The maximum Gasteiger partial charge on any atom is 0.407 e. The van der Waals surface area contributed by atoms with E-state index in [1.54, 1.807) is 12.4 Å². The Bertz CT molecular complexity index is 995. The summed E-state index contributed by atoms with van der Waals surface area (Å²) >= 11 is 3.02. The zero-order chi connectivity index (χ0) is 23.5. The van der Waals surface area contributed by atoms with Gasteiger partial charge in [0.1, 0.15) is 15.9 Å². The Hall–Kier alpha value is -2.55. The smallest absolute Gasteiger partial charge is 0.407 e. The van der Waals surface area contributed by atoms with Crippen LogP contribution in [0.4, 0.5) is 14.9 Å². The zero-order valence-corrected chi connectivity index (χ0v) is 20.3. The van der Waals surface area contributed by atoms with Gasteiger partial charge >= 0.3 is 6.09 Å². The number of aromatic nitrogens is 2. The summed E-state index contributed by atoms with van der Waals surface area (Å²) in [6.07, 6.45) is 3.84. The Labute approximate surface area is 195 Å². The average molecular weight is 507 g/mol. The van der Waals surface area contributed by atoms with E-state index in [0.717, 1.165) is 24.2 Å². The summed E-state index contributed by atoms with van der Waals surface area (Å²) in [5.41, 5.74) is 1.26. The maximum absolute atomic E-state index is 13.5. The summed E-state index contributed by atoms with van der Waals surface area (Å²) in [5.74, 6) is -0.419. The van der Waals surface area contributed by atoms with Crippen molar-refractivity contribution < 1.29 is 18.7 Å². The highest BCUT2D eigenvalue weighted by atomic mass is 79.9. The van der Waals surface area contributed by atoms with E-state index in [2.05, 4.69) is 43.0 Å². The molecule has 1 aliphatic rings. The average Bonchev–Trinajstić information content (AvgIpc) is 2.68. The topological polar surface area (TPSA) is 84.4 Å². The van der Waals surface area contributed by atoms with Gasteiger partial charge in [0.25, 0.3) is 0 Å². The molecular formula is C23H28BrFN4O3. The van der Waals surface area contributed by atoms with Crippen LogP contribution in [0.5, 0.6) is 0 Å². The first kappa shape index (κ1) is 24.1. The number of pyridine rings is 2. The lowest BCUT2D eigenvalue weighted by molar-refractivity contribution is 0.0495. The minimum atomic E-state index is -0.563. The molecule has 172 valence electrons. The number of piperidine rings is 1. The van der Waals surface area contributed by atoms with Crippen LogP contribution < -0.4 is 10.2 Å². The van der Waals surface area contributed by atoms with Crippen LogP contribution in [0.3, 0.4) is 0 Å². The van der Waals surface area contributed by atoms with Gasteiger partial charge in [0.15, 0.2) is 11.6 Å². The van der Waals surface area contributed by atoms with Crippen molar-refractivity contribution in [1.29, 1.82) is 0 Å². The second-order valence-corrected chi connectivity index (χ2v) is 9.91. The molecule has 2 aromatic rings. The number of alkyl carbamates (subject to hydrolysis) is 1. The van der Waals surface area contributed by atoms with Gasteiger partial charge in [0.2, 0.25) is 0 Å². The lowest BCUT2D eigenvalue weighted by atomic mass is 9.94. The van der Waals surface area contributed by atoms with Crippen molar-refractivity contribution in [1.82, 2.24) is 15.3 Å². The fourth-order valence-electron chi connectivity index (χ4n) is 3.83. The number of nitrogens with zero attached hydrogens (tertiary/aromatic N) is 3. The van der Waals surface area contributed by atoms with E-state index in [4.69, 9.17) is 4.74 Å². The third-order valence-corrected chi connectivity index (χ3v) is 5.60. The van der Waals surface area contributed by atoms with Gasteiger partial charge in [-0.1, -0.05) is 6.92 Å². The maximum atomic E-state index is 13.5. The first-order valence-corrected chi connectivity index (χ1v) is 11.3. The summed E-state index contributed by atoms with van der Waals surface area (Å²) in [5, 5.41) is 2.97. The van der Waals surface area contributed by atoms with Crippen molar-refractivity contribution in [2.45, 2.75) is 52.2 Å². The van der Waals surface area contributed by atoms with E-state index in [-0.39, 0.29) is 28.5 Å². The Morgan fingerprint density at radius 1 is 1.28 bits per heavy atom. The van der Waals surface area contributed by atoms with E-state index in [9.17, 15) is 14.0 Å². The molecule has 3 heterocycles. The Balaban J connectivity index is 1.75. The van der Waals surface area contributed by atoms with Crippen molar-refractivity contribution in [3.05, 3.63) is 52.3 Å². The van der Waals surface area contributed by atoms with E-state index in [1.807, 2.05) is 26.8 Å². The standard InChI is InChI=1S/C23H28BrFN4O3/c1-14-9-16(27-22(31)32-23(2,3)4)13-29(12-14)19-7-8-26-11-15(19)10-20(30)18-6-5-17(25)21(24)28-18/h5-8,11,14,16H,9-10,12-13H2,1-4H3,(H,27,31)/t14-,16+/m1/s1. The van der Waals surface area contributed by atoms with Crippen LogP contribution in [0.1, 0.15) is 50.2 Å². The number of ether oxygens (including phenoxy) is 1. The number of nitrogens with one attached hydrogen (secondary N) is 1. The Morgan fingerprint density at radius 2 is 2.03 bits per heavy atom. The highest BCUT2D eigenvalue weighted by Crippen LogP contribution is 2.27. The predicted octanol–water partition coefficient (Wildman–Crippen LogP) is 4.54. The molecule has 0 aliphatic carbocycles. The minimum Gasteiger partial charge on any atom is -0.444 e. The summed E-state index contributed by atoms with van der Waals surface area (Å²) in [6, 6.07) is 4.38. The third kappa shape index (κ3) is 6.48. The number of carbonyl (C=O) groups is 2. The summed E-state index contributed by atoms with van der Waals surface area (Å²) in [7, 11) is 0. The van der Waals surface area contributed by atoms with Gasteiger partial charge in [-0.05, 0) is 67.2 Å². The molecule has 0 spiro atoms. The van der Waals surface area contributed by atoms with Crippen LogP contribution in [-0.4, -0.2) is 46.6 Å². The van der Waals surface area contributed by atoms with Gasteiger partial charge in [-0.2, -0.15) is 0 Å². The number of Topliss-reactive ketones (excluding diaryl/α,β-unsaturated/α-hetero) is 1. The zero-order valence-electron chi connectivity index (χ0n) is 18.7. The van der Waals surface area contributed by atoms with Crippen LogP contribution >= 0.6 is 15.9 Å². The van der Waals surface area contributed by atoms with Gasteiger partial charge in [-0.3, -0.25) is 9.78 Å². The first-order valence-electron chi connectivity index (χ1n) is 10.5. The molecule has 1 amide bonds. The minimum absolute atomic E-state index is 0.00988. The Kier molecular flexibility index (Phi) is 7.48. The number of amides is 1. The normalized spacial score (nSPS) is 18.9. The monoisotopic (exact) mass is 506 g/mol. The molecule has 1 aliphatic heterocycles. The molecule has 1 N–H and O–H groups in total. The lowest BCUT2D eigenvalue weighted by Crippen LogP contribution is -2.51. The van der Waals surface area contributed by atoms with Gasteiger partial charge in [0.05, 0.1) is 0 Å². The van der Waals surface area contributed by atoms with Crippen molar-refractivity contribution >= 4 is 33.5 Å². The highest BCUT2D eigenvalue weighted by molar-refractivity contribution is 9.10. The molecule has 0 aromatic carbocycles. The summed E-state index contributed by atoms with van der Waals surface area (Å²) in [6.45, 7) is 9.00. The fourth-order valence-corrected chi connectivity index (χ4v) is 4.15. The van der Waals surface area contributed by atoms with E-state index in [0.29, 0.717) is 12.5 Å². The molecule has 1 saturated heterocycles. The van der Waals surface area contributed by atoms with E-state index >= 15 is 0 Å². The number of hydrogen-bond donors (Lipinski definition) is 1. The van der Waals surface area contributed by atoms with Crippen LogP contribution in [0.15, 0.2) is 35.2 Å². The van der Waals surface area contributed by atoms with Crippen LogP contribution in [0.2, 0.25) is 0 Å². The van der Waals surface area contributed by atoms with Gasteiger partial charge < -0.3 is 15.0 Å². The molecule has 2 atom stereocenters. The van der Waals surface area contributed by atoms with Crippen LogP contribution in [0.25, 0.3) is 0 Å². The molecule has 3 rings (SSSR count). The largest absolute Gasteiger partial charge is 0.444 e. The number of hydrogen-bond acceptors (Lipinski definition) is 6. The number of ketones is 1. The van der Waals surface area contributed by atoms with Crippen LogP contribution in [-0.2, 0) is 11.2 Å². The molecule has 9 heteroatoms. The van der Waals surface area contributed by atoms with Crippen LogP contribution in [0, 0.1) is 11.7 Å². The van der Waals surface area contributed by atoms with Crippen molar-refractivity contribution in [2.75, 3.05) is 18.0 Å². The second kappa shape index (κ2) is 9.94. The molecule has 7 nitrogen and oxygen atoms in total. The van der Waals surface area contributed by atoms with Gasteiger partial charge in [-0.15, -0.1) is 0 Å². The molecule has 0 saturated carbocycles. The third-order valence-electron chi connectivity index (χ3n) is 5.04. The first-order chi connectivity index (χ1) is 15.0. The number of halogens is 2. The number of carbonyl (C=O) groups excluding carboxylic acids is 2. The van der Waals surface area contributed by atoms with Gasteiger partial charge in [-0.25, -0.2) is 14.2 Å². The van der Waals surface area contributed by atoms with Crippen molar-refractivity contribution in [2.24, 2.45) is 5.92 Å². The number of anilines is 1. The molecular weight excluding hydrogens is 479 g/mol. The summed E-state index contributed by atoms with van der Waals surface area (Å²) < 4.78 is 18.9. The molecule has 2 aromatic heterocycles.